The highest BCUT2D eigenvalue weighted by atomic mass is 32.2. The van der Waals surface area contributed by atoms with E-state index in [9.17, 15) is 0 Å². The summed E-state index contributed by atoms with van der Waals surface area (Å²) in [7, 11) is 0. The number of nitrogen functional groups attached to an aromatic ring is 1. The Labute approximate surface area is 97.5 Å². The summed E-state index contributed by atoms with van der Waals surface area (Å²) >= 11 is 3.44. The Hall–Kier alpha value is -1.00. The molecule has 0 radical (unpaired) electrons. The minimum absolute atomic E-state index is 0.825. The maximum Gasteiger partial charge on any atom is 0.0795 e. The monoisotopic (exact) mass is 236 g/mol. The molecule has 0 saturated carbocycles. The number of rotatable bonds is 3. The summed E-state index contributed by atoms with van der Waals surface area (Å²) in [5.41, 5.74) is 10.8. The van der Waals surface area contributed by atoms with Crippen LogP contribution in [0.1, 0.15) is 11.3 Å². The van der Waals surface area contributed by atoms with Gasteiger partial charge in [-0.2, -0.15) is 0 Å². The van der Waals surface area contributed by atoms with Crippen molar-refractivity contribution in [3.63, 3.8) is 0 Å². The van der Waals surface area contributed by atoms with Crippen LogP contribution in [0.5, 0.6) is 0 Å². The van der Waals surface area contributed by atoms with Crippen LogP contribution in [0.2, 0.25) is 0 Å². The van der Waals surface area contributed by atoms with Gasteiger partial charge in [-0.05, 0) is 30.7 Å². The van der Waals surface area contributed by atoms with E-state index in [2.05, 4.69) is 23.4 Å². The average molecular weight is 236 g/mol. The summed E-state index contributed by atoms with van der Waals surface area (Å²) in [4.78, 5) is 5.53. The fraction of sp³-hybridized carbons (Fsp3) is 0.182. The summed E-state index contributed by atoms with van der Waals surface area (Å²) in [5.74, 6) is 0.925. The Balaban J connectivity index is 2.05. The Kier molecular flexibility index (Phi) is 3.28. The van der Waals surface area contributed by atoms with Crippen LogP contribution in [0.25, 0.3) is 0 Å². The molecule has 15 heavy (non-hydrogen) atoms. The lowest BCUT2D eigenvalue weighted by atomic mass is 10.2. The number of anilines is 1. The first kappa shape index (κ1) is 10.5. The van der Waals surface area contributed by atoms with Crippen molar-refractivity contribution >= 4 is 28.8 Å². The van der Waals surface area contributed by atoms with Crippen LogP contribution in [0, 0.1) is 6.92 Å². The average Bonchev–Trinajstić information content (AvgIpc) is 2.69. The fourth-order valence-electron chi connectivity index (χ4n) is 1.30. The van der Waals surface area contributed by atoms with Gasteiger partial charge in [-0.3, -0.25) is 0 Å². The molecule has 0 saturated heterocycles. The third-order valence-corrected chi connectivity index (χ3v) is 3.90. The zero-order chi connectivity index (χ0) is 10.7. The lowest BCUT2D eigenvalue weighted by molar-refractivity contribution is 1.22. The molecule has 2 N–H and O–H groups in total. The van der Waals surface area contributed by atoms with E-state index in [-0.39, 0.29) is 0 Å². The predicted molar refractivity (Wildman–Crippen MR) is 67.3 cm³/mol. The summed E-state index contributed by atoms with van der Waals surface area (Å²) in [5, 5.41) is 2.08. The smallest absolute Gasteiger partial charge is 0.0795 e. The van der Waals surface area contributed by atoms with E-state index in [0.717, 1.165) is 17.1 Å². The summed E-state index contributed by atoms with van der Waals surface area (Å²) < 4.78 is 0. The Morgan fingerprint density at radius 2 is 2.33 bits per heavy atom. The summed E-state index contributed by atoms with van der Waals surface area (Å²) in [6.07, 6.45) is 0. The van der Waals surface area contributed by atoms with Crippen molar-refractivity contribution in [2.45, 2.75) is 17.6 Å². The van der Waals surface area contributed by atoms with Gasteiger partial charge in [-0.1, -0.05) is 0 Å². The zero-order valence-corrected chi connectivity index (χ0v) is 10.1. The van der Waals surface area contributed by atoms with Gasteiger partial charge in [-0.15, -0.1) is 23.1 Å². The molecule has 0 aliphatic carbocycles. The highest BCUT2D eigenvalue weighted by Gasteiger charge is 2.01. The van der Waals surface area contributed by atoms with Gasteiger partial charge in [0.15, 0.2) is 0 Å². The minimum atomic E-state index is 0.825. The third-order valence-electron chi connectivity index (χ3n) is 2.06. The van der Waals surface area contributed by atoms with Crippen molar-refractivity contribution in [2.75, 3.05) is 5.73 Å². The van der Waals surface area contributed by atoms with Crippen molar-refractivity contribution in [3.05, 3.63) is 40.3 Å². The first-order valence-electron chi connectivity index (χ1n) is 4.61. The molecule has 0 aliphatic heterocycles. The number of hydrogen-bond donors (Lipinski definition) is 1. The molecule has 0 spiro atoms. The maximum absolute atomic E-state index is 5.70. The number of hydrogen-bond acceptors (Lipinski definition) is 4. The maximum atomic E-state index is 5.70. The van der Waals surface area contributed by atoms with Crippen LogP contribution in [0.3, 0.4) is 0 Å². The quantitative estimate of drug-likeness (QED) is 0.656. The molecule has 0 unspecified atom stereocenters. The predicted octanol–water partition coefficient (Wildman–Crippen LogP) is 3.33. The Morgan fingerprint density at radius 3 is 3.00 bits per heavy atom. The lowest BCUT2D eigenvalue weighted by Gasteiger charge is -2.04. The SMILES string of the molecule is Cc1cc(N)ccc1SCc1cscn1. The molecular weight excluding hydrogens is 224 g/mol. The number of thioether (sulfide) groups is 1. The van der Waals surface area contributed by atoms with Crippen LogP contribution >= 0.6 is 23.1 Å². The largest absolute Gasteiger partial charge is 0.399 e. The lowest BCUT2D eigenvalue weighted by Crippen LogP contribution is -1.87. The zero-order valence-electron chi connectivity index (χ0n) is 8.43. The number of aromatic nitrogens is 1. The first-order chi connectivity index (χ1) is 7.25. The van der Waals surface area contributed by atoms with Gasteiger partial charge in [0, 0.05) is 21.7 Å². The molecule has 2 nitrogen and oxygen atoms in total. The van der Waals surface area contributed by atoms with Crippen molar-refractivity contribution in [1.29, 1.82) is 0 Å². The van der Waals surface area contributed by atoms with Crippen LogP contribution in [-0.2, 0) is 5.75 Å². The van der Waals surface area contributed by atoms with E-state index in [1.807, 2.05) is 17.6 Å². The van der Waals surface area contributed by atoms with E-state index in [4.69, 9.17) is 5.73 Å². The number of nitrogens with zero attached hydrogens (tertiary/aromatic N) is 1. The van der Waals surface area contributed by atoms with Crippen molar-refractivity contribution in [2.24, 2.45) is 0 Å². The fourth-order valence-corrected chi connectivity index (χ4v) is 2.87. The van der Waals surface area contributed by atoms with E-state index in [1.54, 1.807) is 23.1 Å². The number of benzene rings is 1. The second-order valence-corrected chi connectivity index (χ2v) is 5.03. The van der Waals surface area contributed by atoms with E-state index in [0.29, 0.717) is 0 Å². The molecule has 0 aliphatic rings. The molecule has 1 aromatic heterocycles. The van der Waals surface area contributed by atoms with Crippen molar-refractivity contribution < 1.29 is 0 Å². The van der Waals surface area contributed by atoms with E-state index >= 15 is 0 Å². The van der Waals surface area contributed by atoms with Gasteiger partial charge < -0.3 is 5.73 Å². The normalized spacial score (nSPS) is 10.5. The molecule has 2 aromatic rings. The van der Waals surface area contributed by atoms with Crippen molar-refractivity contribution in [1.82, 2.24) is 4.98 Å². The third kappa shape index (κ3) is 2.73. The molecule has 2 rings (SSSR count). The second kappa shape index (κ2) is 4.68. The molecule has 1 heterocycles. The molecular formula is C11H12N2S2. The Bertz CT molecular complexity index is 438. The second-order valence-electron chi connectivity index (χ2n) is 3.29. The van der Waals surface area contributed by atoms with Gasteiger partial charge >= 0.3 is 0 Å². The van der Waals surface area contributed by atoms with Gasteiger partial charge in [0.1, 0.15) is 0 Å². The minimum Gasteiger partial charge on any atom is -0.399 e. The van der Waals surface area contributed by atoms with E-state index < -0.39 is 0 Å². The number of aryl methyl sites for hydroxylation is 1. The first-order valence-corrected chi connectivity index (χ1v) is 6.54. The number of nitrogens with two attached hydrogens (primary N) is 1. The van der Waals surface area contributed by atoms with Crippen LogP contribution in [0.15, 0.2) is 34.0 Å². The van der Waals surface area contributed by atoms with Crippen LogP contribution < -0.4 is 5.73 Å². The topological polar surface area (TPSA) is 38.9 Å². The summed E-state index contributed by atoms with van der Waals surface area (Å²) in [6.45, 7) is 2.08. The molecule has 0 amide bonds. The molecule has 4 heteroatoms. The standard InChI is InChI=1S/C11H12N2S2/c1-8-4-9(12)2-3-11(8)15-6-10-5-14-7-13-10/h2-5,7H,6,12H2,1H3. The van der Waals surface area contributed by atoms with Gasteiger partial charge in [0.2, 0.25) is 0 Å². The van der Waals surface area contributed by atoms with Crippen molar-refractivity contribution in [3.8, 4) is 0 Å². The molecule has 78 valence electrons. The number of thiazole rings is 1. The highest BCUT2D eigenvalue weighted by molar-refractivity contribution is 7.98. The van der Waals surface area contributed by atoms with Gasteiger partial charge in [0.25, 0.3) is 0 Å². The molecule has 0 fully saturated rings. The van der Waals surface area contributed by atoms with Crippen LogP contribution in [0.4, 0.5) is 5.69 Å². The molecule has 0 atom stereocenters. The van der Waals surface area contributed by atoms with Gasteiger partial charge in [0.05, 0.1) is 11.2 Å². The Morgan fingerprint density at radius 1 is 1.47 bits per heavy atom. The molecule has 0 bridgehead atoms. The van der Waals surface area contributed by atoms with Gasteiger partial charge in [-0.25, -0.2) is 4.98 Å². The summed E-state index contributed by atoms with van der Waals surface area (Å²) in [6, 6.07) is 6.02. The van der Waals surface area contributed by atoms with Crippen LogP contribution in [-0.4, -0.2) is 4.98 Å². The highest BCUT2D eigenvalue weighted by Crippen LogP contribution is 2.27. The van der Waals surface area contributed by atoms with E-state index in [1.165, 1.54) is 10.5 Å². The molecule has 1 aromatic carbocycles.